The van der Waals surface area contributed by atoms with Crippen molar-refractivity contribution in [3.63, 3.8) is 0 Å². The fourth-order valence-corrected chi connectivity index (χ4v) is 3.41. The molecule has 1 N–H and O–H groups in total. The minimum Gasteiger partial charge on any atom is -0.316 e. The van der Waals surface area contributed by atoms with Gasteiger partial charge in [-0.2, -0.15) is 0 Å². The molecule has 1 aromatic rings. The van der Waals surface area contributed by atoms with Crippen molar-refractivity contribution >= 4 is 5.91 Å². The SMILES string of the molecule is CCC1NC(c2ccccc2)N(C(C)(C)C2CC2)C1=O. The van der Waals surface area contributed by atoms with Crippen molar-refractivity contribution in [1.29, 1.82) is 0 Å². The average Bonchev–Trinajstić information content (AvgIpc) is 3.24. The Hall–Kier alpha value is -1.35. The molecule has 1 heterocycles. The van der Waals surface area contributed by atoms with Crippen LogP contribution >= 0.6 is 0 Å². The van der Waals surface area contributed by atoms with Crippen LogP contribution in [0.2, 0.25) is 0 Å². The second-order valence-electron chi connectivity index (χ2n) is 6.58. The van der Waals surface area contributed by atoms with E-state index in [-0.39, 0.29) is 23.7 Å². The number of hydrogen-bond acceptors (Lipinski definition) is 2. The van der Waals surface area contributed by atoms with E-state index in [0.29, 0.717) is 5.92 Å². The number of benzene rings is 1. The van der Waals surface area contributed by atoms with Gasteiger partial charge in [0.05, 0.1) is 6.04 Å². The second kappa shape index (κ2) is 4.88. The Bertz CT molecular complexity index is 493. The maximum atomic E-state index is 12.8. The number of carbonyl (C=O) groups excluding carboxylic acids is 1. The Kier molecular flexibility index (Phi) is 3.33. The van der Waals surface area contributed by atoms with Gasteiger partial charge in [-0.3, -0.25) is 10.1 Å². The van der Waals surface area contributed by atoms with E-state index >= 15 is 0 Å². The third kappa shape index (κ3) is 2.14. The fourth-order valence-electron chi connectivity index (χ4n) is 3.41. The summed E-state index contributed by atoms with van der Waals surface area (Å²) in [6.45, 7) is 6.52. The zero-order chi connectivity index (χ0) is 14.3. The lowest BCUT2D eigenvalue weighted by molar-refractivity contribution is -0.136. The predicted octanol–water partition coefficient (Wildman–Crippen LogP) is 3.08. The Morgan fingerprint density at radius 1 is 1.25 bits per heavy atom. The topological polar surface area (TPSA) is 32.3 Å². The van der Waals surface area contributed by atoms with E-state index in [4.69, 9.17) is 0 Å². The molecule has 1 saturated carbocycles. The van der Waals surface area contributed by atoms with Crippen LogP contribution in [-0.2, 0) is 4.79 Å². The Morgan fingerprint density at radius 3 is 2.45 bits per heavy atom. The van der Waals surface area contributed by atoms with Crippen LogP contribution in [0, 0.1) is 5.92 Å². The van der Waals surface area contributed by atoms with Crippen molar-refractivity contribution in [3.05, 3.63) is 35.9 Å². The molecule has 2 atom stereocenters. The molecule has 0 radical (unpaired) electrons. The smallest absolute Gasteiger partial charge is 0.241 e. The number of nitrogens with one attached hydrogen (secondary N) is 1. The third-order valence-corrected chi connectivity index (χ3v) is 4.87. The summed E-state index contributed by atoms with van der Waals surface area (Å²) in [6.07, 6.45) is 3.35. The lowest BCUT2D eigenvalue weighted by Gasteiger charge is -2.40. The van der Waals surface area contributed by atoms with Gasteiger partial charge in [-0.1, -0.05) is 37.3 Å². The van der Waals surface area contributed by atoms with Crippen LogP contribution in [-0.4, -0.2) is 22.4 Å². The molecule has 20 heavy (non-hydrogen) atoms. The van der Waals surface area contributed by atoms with E-state index < -0.39 is 0 Å². The number of nitrogens with zero attached hydrogens (tertiary/aromatic N) is 1. The molecule has 2 aliphatic rings. The van der Waals surface area contributed by atoms with Gasteiger partial charge >= 0.3 is 0 Å². The standard InChI is InChI=1S/C17H24N2O/c1-4-14-16(20)19(17(2,3)13-10-11-13)15(18-14)12-8-6-5-7-9-12/h5-9,13-15,18H,4,10-11H2,1-3H3. The lowest BCUT2D eigenvalue weighted by atomic mass is 9.94. The van der Waals surface area contributed by atoms with Gasteiger partial charge in [0.15, 0.2) is 0 Å². The number of hydrogen-bond donors (Lipinski definition) is 1. The van der Waals surface area contributed by atoms with Crippen molar-refractivity contribution in [2.75, 3.05) is 0 Å². The van der Waals surface area contributed by atoms with Crippen molar-refractivity contribution < 1.29 is 4.79 Å². The molecule has 0 bridgehead atoms. The minimum absolute atomic E-state index is 0.0178. The fraction of sp³-hybridized carbons (Fsp3) is 0.588. The Morgan fingerprint density at radius 2 is 1.90 bits per heavy atom. The normalized spacial score (nSPS) is 27.1. The highest BCUT2D eigenvalue weighted by atomic mass is 16.2. The average molecular weight is 272 g/mol. The van der Waals surface area contributed by atoms with Crippen LogP contribution in [0.3, 0.4) is 0 Å². The molecule has 1 saturated heterocycles. The van der Waals surface area contributed by atoms with E-state index in [9.17, 15) is 4.79 Å². The first kappa shape index (κ1) is 13.6. The first-order valence-electron chi connectivity index (χ1n) is 7.70. The molecule has 0 spiro atoms. The van der Waals surface area contributed by atoms with Crippen molar-refractivity contribution in [3.8, 4) is 0 Å². The summed E-state index contributed by atoms with van der Waals surface area (Å²) in [5, 5.41) is 3.52. The Labute approximate surface area is 121 Å². The summed E-state index contributed by atoms with van der Waals surface area (Å²) in [7, 11) is 0. The van der Waals surface area contributed by atoms with Crippen LogP contribution in [0.5, 0.6) is 0 Å². The molecule has 1 aliphatic carbocycles. The van der Waals surface area contributed by atoms with E-state index in [0.717, 1.165) is 6.42 Å². The molecule has 1 aromatic carbocycles. The second-order valence-corrected chi connectivity index (χ2v) is 6.58. The highest BCUT2D eigenvalue weighted by Gasteiger charge is 2.51. The minimum atomic E-state index is -0.0610. The first-order chi connectivity index (χ1) is 9.55. The molecule has 0 aromatic heterocycles. The maximum Gasteiger partial charge on any atom is 0.241 e. The molecular formula is C17H24N2O. The molecule has 1 aliphatic heterocycles. The molecule has 2 fully saturated rings. The lowest BCUT2D eigenvalue weighted by Crippen LogP contribution is -2.49. The molecular weight excluding hydrogens is 248 g/mol. The summed E-state index contributed by atoms with van der Waals surface area (Å²) in [5.41, 5.74) is 1.12. The van der Waals surface area contributed by atoms with Gasteiger partial charge in [0.25, 0.3) is 0 Å². The molecule has 3 heteroatoms. The van der Waals surface area contributed by atoms with Crippen LogP contribution in [0.1, 0.15) is 51.8 Å². The maximum absolute atomic E-state index is 12.8. The van der Waals surface area contributed by atoms with Gasteiger partial charge in [0.1, 0.15) is 6.17 Å². The van der Waals surface area contributed by atoms with Crippen molar-refractivity contribution in [2.24, 2.45) is 5.92 Å². The molecule has 3 rings (SSSR count). The largest absolute Gasteiger partial charge is 0.316 e. The number of rotatable bonds is 4. The summed E-state index contributed by atoms with van der Waals surface area (Å²) in [4.78, 5) is 14.9. The highest BCUT2D eigenvalue weighted by molar-refractivity contribution is 5.85. The quantitative estimate of drug-likeness (QED) is 0.913. The van der Waals surface area contributed by atoms with Crippen LogP contribution < -0.4 is 5.32 Å². The zero-order valence-electron chi connectivity index (χ0n) is 12.6. The third-order valence-electron chi connectivity index (χ3n) is 4.87. The van der Waals surface area contributed by atoms with Gasteiger partial charge < -0.3 is 4.90 Å². The van der Waals surface area contributed by atoms with Gasteiger partial charge in [-0.05, 0) is 44.6 Å². The van der Waals surface area contributed by atoms with E-state index in [2.05, 4.69) is 43.1 Å². The molecule has 3 nitrogen and oxygen atoms in total. The predicted molar refractivity (Wildman–Crippen MR) is 80.0 cm³/mol. The van der Waals surface area contributed by atoms with E-state index in [1.54, 1.807) is 0 Å². The van der Waals surface area contributed by atoms with E-state index in [1.165, 1.54) is 18.4 Å². The monoisotopic (exact) mass is 272 g/mol. The summed E-state index contributed by atoms with van der Waals surface area (Å²) in [5.74, 6) is 0.910. The van der Waals surface area contributed by atoms with Crippen molar-refractivity contribution in [2.45, 2.75) is 57.8 Å². The van der Waals surface area contributed by atoms with Crippen molar-refractivity contribution in [1.82, 2.24) is 10.2 Å². The van der Waals surface area contributed by atoms with Gasteiger partial charge in [0, 0.05) is 5.54 Å². The summed E-state index contributed by atoms with van der Waals surface area (Å²) in [6, 6.07) is 10.3. The molecule has 108 valence electrons. The first-order valence-corrected chi connectivity index (χ1v) is 7.70. The number of amides is 1. The highest BCUT2D eigenvalue weighted by Crippen LogP contribution is 2.46. The zero-order valence-corrected chi connectivity index (χ0v) is 12.6. The van der Waals surface area contributed by atoms with Gasteiger partial charge in [-0.15, -0.1) is 0 Å². The van der Waals surface area contributed by atoms with Crippen LogP contribution in [0.15, 0.2) is 30.3 Å². The summed E-state index contributed by atoms with van der Waals surface area (Å²) >= 11 is 0. The molecule has 2 unspecified atom stereocenters. The van der Waals surface area contributed by atoms with Crippen LogP contribution in [0.4, 0.5) is 0 Å². The Balaban J connectivity index is 1.96. The van der Waals surface area contributed by atoms with Gasteiger partial charge in [0.2, 0.25) is 5.91 Å². The van der Waals surface area contributed by atoms with E-state index in [1.807, 2.05) is 18.2 Å². The summed E-state index contributed by atoms with van der Waals surface area (Å²) < 4.78 is 0. The molecule has 1 amide bonds. The van der Waals surface area contributed by atoms with Crippen LogP contribution in [0.25, 0.3) is 0 Å². The van der Waals surface area contributed by atoms with Gasteiger partial charge in [-0.25, -0.2) is 0 Å². The number of carbonyl (C=O) groups is 1.